The third-order valence-corrected chi connectivity index (χ3v) is 6.15. The van der Waals surface area contributed by atoms with Gasteiger partial charge < -0.3 is 5.32 Å². The molecule has 1 atom stereocenters. The molecule has 0 saturated carbocycles. The van der Waals surface area contributed by atoms with E-state index in [1.54, 1.807) is 31.2 Å². The number of nitrogens with one attached hydrogen (secondary N) is 1. The number of amides is 3. The zero-order valence-electron chi connectivity index (χ0n) is 18.2. The van der Waals surface area contributed by atoms with Crippen molar-refractivity contribution in [3.05, 3.63) is 77.4 Å². The number of nitrogens with zero attached hydrogens (tertiary/aromatic N) is 4. The van der Waals surface area contributed by atoms with E-state index in [0.717, 1.165) is 32.7 Å². The van der Waals surface area contributed by atoms with E-state index < -0.39 is 5.54 Å². The Bertz CT molecular complexity index is 1040. The lowest BCUT2D eigenvalue weighted by molar-refractivity contribution is -0.132. The van der Waals surface area contributed by atoms with Crippen molar-refractivity contribution >= 4 is 18.0 Å². The van der Waals surface area contributed by atoms with Crippen LogP contribution in [0, 0.1) is 11.3 Å². The first-order chi connectivity index (χ1) is 15.5. The maximum atomic E-state index is 13.1. The van der Waals surface area contributed by atoms with E-state index in [0.29, 0.717) is 11.1 Å². The number of carbonyl (C=O) groups is 2. The molecule has 0 radical (unpaired) electrons. The molecule has 0 spiro atoms. The topological polar surface area (TPSA) is 79.7 Å². The molecule has 0 bridgehead atoms. The lowest BCUT2D eigenvalue weighted by Crippen LogP contribution is -2.51. The first kappa shape index (κ1) is 21.8. The number of hydrogen-bond donors (Lipinski definition) is 1. The van der Waals surface area contributed by atoms with Crippen molar-refractivity contribution < 1.29 is 9.59 Å². The van der Waals surface area contributed by atoms with E-state index in [9.17, 15) is 9.59 Å². The first-order valence-corrected chi connectivity index (χ1v) is 10.8. The van der Waals surface area contributed by atoms with Crippen LogP contribution in [-0.2, 0) is 10.3 Å². The lowest BCUT2D eigenvalue weighted by atomic mass is 9.91. The SMILES string of the molecule is CC1(c2ccc(C#N)cc2)NC(=O)N(CN2CCN(C/C=C/c3ccccc3)CC2)C1=O. The molecule has 1 unspecified atom stereocenters. The van der Waals surface area contributed by atoms with Gasteiger partial charge in [0.25, 0.3) is 5.91 Å². The second-order valence-electron chi connectivity index (χ2n) is 8.35. The molecule has 2 aromatic carbocycles. The van der Waals surface area contributed by atoms with Gasteiger partial charge in [-0.15, -0.1) is 0 Å². The molecule has 32 heavy (non-hydrogen) atoms. The third-order valence-electron chi connectivity index (χ3n) is 6.15. The van der Waals surface area contributed by atoms with Gasteiger partial charge >= 0.3 is 6.03 Å². The molecule has 2 aliphatic rings. The fraction of sp³-hybridized carbons (Fsp3) is 0.320. The fourth-order valence-corrected chi connectivity index (χ4v) is 4.11. The van der Waals surface area contributed by atoms with Crippen LogP contribution in [0.3, 0.4) is 0 Å². The molecule has 3 amide bonds. The minimum absolute atomic E-state index is 0.263. The number of nitriles is 1. The number of imide groups is 1. The largest absolute Gasteiger partial charge is 0.326 e. The Morgan fingerprint density at radius 1 is 1.00 bits per heavy atom. The van der Waals surface area contributed by atoms with Crippen molar-refractivity contribution in [1.82, 2.24) is 20.0 Å². The predicted octanol–water partition coefficient (Wildman–Crippen LogP) is 2.61. The zero-order chi connectivity index (χ0) is 22.6. The van der Waals surface area contributed by atoms with Crippen LogP contribution in [-0.4, -0.2) is 66.0 Å². The molecular formula is C25H27N5O2. The number of benzene rings is 2. The Morgan fingerprint density at radius 2 is 1.66 bits per heavy atom. The monoisotopic (exact) mass is 429 g/mol. The van der Waals surface area contributed by atoms with Crippen molar-refractivity contribution in [2.75, 3.05) is 39.4 Å². The first-order valence-electron chi connectivity index (χ1n) is 10.8. The molecule has 0 aliphatic carbocycles. The summed E-state index contributed by atoms with van der Waals surface area (Å²) in [7, 11) is 0. The molecule has 164 valence electrons. The van der Waals surface area contributed by atoms with Crippen LogP contribution in [0.15, 0.2) is 60.7 Å². The van der Waals surface area contributed by atoms with E-state index in [1.165, 1.54) is 10.5 Å². The van der Waals surface area contributed by atoms with Gasteiger partial charge in [-0.1, -0.05) is 54.6 Å². The standard InChI is InChI=1S/C25H27N5O2/c1-25(22-11-9-21(18-26)10-12-22)23(31)30(24(32)27-25)19-29-16-14-28(15-17-29)13-5-8-20-6-3-2-4-7-20/h2-12H,13-17,19H2,1H3,(H,27,32)/b8-5+. The lowest BCUT2D eigenvalue weighted by Gasteiger charge is -2.35. The van der Waals surface area contributed by atoms with Crippen molar-refractivity contribution in [2.24, 2.45) is 0 Å². The molecule has 0 aromatic heterocycles. The van der Waals surface area contributed by atoms with Gasteiger partial charge in [0.05, 0.1) is 18.3 Å². The molecule has 4 rings (SSSR count). The van der Waals surface area contributed by atoms with Gasteiger partial charge in [-0.3, -0.25) is 14.6 Å². The highest BCUT2D eigenvalue weighted by Gasteiger charge is 2.49. The van der Waals surface area contributed by atoms with E-state index >= 15 is 0 Å². The molecule has 2 saturated heterocycles. The minimum atomic E-state index is -1.12. The van der Waals surface area contributed by atoms with Crippen LogP contribution in [0.4, 0.5) is 4.79 Å². The van der Waals surface area contributed by atoms with Crippen molar-refractivity contribution in [2.45, 2.75) is 12.5 Å². The summed E-state index contributed by atoms with van der Waals surface area (Å²) in [4.78, 5) is 31.5. The van der Waals surface area contributed by atoms with Gasteiger partial charge in [0.1, 0.15) is 5.54 Å². The van der Waals surface area contributed by atoms with E-state index in [1.807, 2.05) is 18.2 Å². The Morgan fingerprint density at radius 3 is 2.31 bits per heavy atom. The van der Waals surface area contributed by atoms with Crippen LogP contribution in [0.25, 0.3) is 6.08 Å². The fourth-order valence-electron chi connectivity index (χ4n) is 4.11. The van der Waals surface area contributed by atoms with Gasteiger partial charge in [-0.25, -0.2) is 9.69 Å². The van der Waals surface area contributed by atoms with Crippen LogP contribution in [0.2, 0.25) is 0 Å². The van der Waals surface area contributed by atoms with E-state index in [2.05, 4.69) is 45.5 Å². The molecule has 2 heterocycles. The average Bonchev–Trinajstić information content (AvgIpc) is 3.04. The smallest absolute Gasteiger partial charge is 0.319 e. The van der Waals surface area contributed by atoms with Crippen molar-refractivity contribution in [3.8, 4) is 6.07 Å². The number of urea groups is 1. The summed E-state index contributed by atoms with van der Waals surface area (Å²) in [6.45, 7) is 6.23. The molecule has 2 aliphatic heterocycles. The van der Waals surface area contributed by atoms with Crippen molar-refractivity contribution in [1.29, 1.82) is 5.26 Å². The number of rotatable bonds is 6. The Kier molecular flexibility index (Phi) is 6.35. The molecule has 1 N–H and O–H groups in total. The van der Waals surface area contributed by atoms with Gasteiger partial charge in [0, 0.05) is 32.7 Å². The summed E-state index contributed by atoms with van der Waals surface area (Å²) in [6.07, 6.45) is 4.30. The summed E-state index contributed by atoms with van der Waals surface area (Å²) in [6, 6.07) is 18.7. The summed E-state index contributed by atoms with van der Waals surface area (Å²) >= 11 is 0. The van der Waals surface area contributed by atoms with Crippen LogP contribution in [0.5, 0.6) is 0 Å². The Balaban J connectivity index is 1.31. The minimum Gasteiger partial charge on any atom is -0.319 e. The quantitative estimate of drug-likeness (QED) is 0.714. The van der Waals surface area contributed by atoms with E-state index in [4.69, 9.17) is 5.26 Å². The Labute approximate surface area is 188 Å². The number of hydrogen-bond acceptors (Lipinski definition) is 5. The highest BCUT2D eigenvalue weighted by Crippen LogP contribution is 2.29. The molecule has 2 fully saturated rings. The molecular weight excluding hydrogens is 402 g/mol. The average molecular weight is 430 g/mol. The predicted molar refractivity (Wildman–Crippen MR) is 122 cm³/mol. The Hall–Kier alpha value is -3.47. The second-order valence-corrected chi connectivity index (χ2v) is 8.35. The van der Waals surface area contributed by atoms with Crippen LogP contribution >= 0.6 is 0 Å². The van der Waals surface area contributed by atoms with Crippen molar-refractivity contribution in [3.63, 3.8) is 0 Å². The summed E-state index contributed by atoms with van der Waals surface area (Å²) in [5.74, 6) is -0.263. The summed E-state index contributed by atoms with van der Waals surface area (Å²) in [5.41, 5.74) is 1.26. The molecule has 7 nitrogen and oxygen atoms in total. The number of carbonyl (C=O) groups excluding carboxylic acids is 2. The van der Waals surface area contributed by atoms with Gasteiger partial charge in [0.15, 0.2) is 0 Å². The normalized spacial score (nSPS) is 22.3. The second kappa shape index (κ2) is 9.35. The highest BCUT2D eigenvalue weighted by molar-refractivity contribution is 6.07. The van der Waals surface area contributed by atoms with Crippen LogP contribution in [0.1, 0.15) is 23.6 Å². The molecule has 7 heteroatoms. The van der Waals surface area contributed by atoms with Gasteiger partial charge in [-0.05, 0) is 30.2 Å². The highest BCUT2D eigenvalue weighted by atomic mass is 16.2. The third kappa shape index (κ3) is 4.57. The van der Waals surface area contributed by atoms with Gasteiger partial charge in [0.2, 0.25) is 0 Å². The maximum Gasteiger partial charge on any atom is 0.326 e. The maximum absolute atomic E-state index is 13.1. The van der Waals surface area contributed by atoms with Gasteiger partial charge in [-0.2, -0.15) is 5.26 Å². The number of piperazine rings is 1. The van der Waals surface area contributed by atoms with Crippen LogP contribution < -0.4 is 5.32 Å². The van der Waals surface area contributed by atoms with E-state index in [-0.39, 0.29) is 18.6 Å². The summed E-state index contributed by atoms with van der Waals surface area (Å²) < 4.78 is 0. The summed E-state index contributed by atoms with van der Waals surface area (Å²) in [5, 5.41) is 11.8. The molecule has 2 aromatic rings. The zero-order valence-corrected chi connectivity index (χ0v) is 18.2.